The van der Waals surface area contributed by atoms with E-state index in [1.807, 2.05) is 23.1 Å². The third-order valence-electron chi connectivity index (χ3n) is 6.58. The molecule has 0 radical (unpaired) electrons. The van der Waals surface area contributed by atoms with Gasteiger partial charge in [-0.2, -0.15) is 0 Å². The Balaban J connectivity index is 1.30. The molecule has 2 fully saturated rings. The van der Waals surface area contributed by atoms with Crippen LogP contribution in [0.15, 0.2) is 53.3 Å². The van der Waals surface area contributed by atoms with Crippen LogP contribution in [0.5, 0.6) is 0 Å². The fraction of sp³-hybridized carbons (Fsp3) is 0.360. The molecular weight excluding hydrogens is 436 g/mol. The van der Waals surface area contributed by atoms with E-state index in [2.05, 4.69) is 0 Å². The molecule has 9 nitrogen and oxygen atoms in total. The summed E-state index contributed by atoms with van der Waals surface area (Å²) in [7, 11) is 0. The van der Waals surface area contributed by atoms with Gasteiger partial charge in [0.2, 0.25) is 5.91 Å². The summed E-state index contributed by atoms with van der Waals surface area (Å²) in [5.74, 6) is -1.16. The van der Waals surface area contributed by atoms with E-state index in [0.29, 0.717) is 24.0 Å². The predicted molar refractivity (Wildman–Crippen MR) is 123 cm³/mol. The third-order valence-corrected chi connectivity index (χ3v) is 6.58. The van der Waals surface area contributed by atoms with Gasteiger partial charge in [-0.05, 0) is 31.0 Å². The molecule has 2 aromatic heterocycles. The van der Waals surface area contributed by atoms with Crippen molar-refractivity contribution >= 4 is 34.4 Å². The molecule has 2 aliphatic heterocycles. The minimum atomic E-state index is -0.602. The smallest absolute Gasteiger partial charge is 0.295 e. The molecule has 3 amide bonds. The molecule has 1 aromatic carbocycles. The minimum absolute atomic E-state index is 0.0147. The van der Waals surface area contributed by atoms with Crippen molar-refractivity contribution in [2.75, 3.05) is 39.3 Å². The van der Waals surface area contributed by atoms with Crippen LogP contribution in [0.2, 0.25) is 0 Å². The first-order valence-electron chi connectivity index (χ1n) is 11.5. The second-order valence-corrected chi connectivity index (χ2v) is 8.67. The molecule has 4 heterocycles. The molecule has 0 atom stereocenters. The van der Waals surface area contributed by atoms with Crippen LogP contribution in [0.3, 0.4) is 0 Å². The summed E-state index contributed by atoms with van der Waals surface area (Å²) >= 11 is 0. The van der Waals surface area contributed by atoms with Gasteiger partial charge in [0.25, 0.3) is 17.6 Å². The molecule has 34 heavy (non-hydrogen) atoms. The Kier molecular flexibility index (Phi) is 5.91. The summed E-state index contributed by atoms with van der Waals surface area (Å²) in [5.41, 5.74) is 1.05. The normalized spacial score (nSPS) is 16.3. The number of fused-ring (bicyclic) bond motifs is 1. The first kappa shape index (κ1) is 21.9. The van der Waals surface area contributed by atoms with E-state index >= 15 is 0 Å². The standard InChI is InChI=1S/C25H26N4O5/c30-22(26-9-3-4-10-26)17-29-16-19(18-6-1-2-7-20(18)29)23(31)25(33)28-13-11-27(12-14-28)24(32)21-8-5-15-34-21/h1-2,5-8,15-16H,3-4,9-14,17H2. The molecule has 2 saturated heterocycles. The van der Waals surface area contributed by atoms with E-state index in [1.165, 1.54) is 11.2 Å². The molecule has 0 unspecified atom stereocenters. The zero-order chi connectivity index (χ0) is 23.7. The number of piperazine rings is 1. The number of para-hydroxylation sites is 1. The van der Waals surface area contributed by atoms with Crippen molar-refractivity contribution in [2.45, 2.75) is 19.4 Å². The lowest BCUT2D eigenvalue weighted by Crippen LogP contribution is -2.52. The van der Waals surface area contributed by atoms with Crippen LogP contribution in [0.25, 0.3) is 10.9 Å². The number of aromatic nitrogens is 1. The van der Waals surface area contributed by atoms with Gasteiger partial charge >= 0.3 is 0 Å². The molecule has 2 aliphatic rings. The summed E-state index contributed by atoms with van der Waals surface area (Å²) in [6.45, 7) is 2.84. The number of hydrogen-bond donors (Lipinski definition) is 0. The first-order chi connectivity index (χ1) is 16.5. The number of amides is 3. The Morgan fingerprint density at radius 2 is 1.50 bits per heavy atom. The van der Waals surface area contributed by atoms with Crippen LogP contribution in [-0.2, 0) is 16.1 Å². The van der Waals surface area contributed by atoms with Gasteiger partial charge in [-0.15, -0.1) is 0 Å². The molecule has 176 valence electrons. The van der Waals surface area contributed by atoms with Crippen LogP contribution in [0.4, 0.5) is 0 Å². The molecule has 5 rings (SSSR count). The maximum absolute atomic E-state index is 13.2. The van der Waals surface area contributed by atoms with Gasteiger partial charge in [0.1, 0.15) is 6.54 Å². The molecule has 0 bridgehead atoms. The maximum atomic E-state index is 13.2. The number of benzene rings is 1. The van der Waals surface area contributed by atoms with Gasteiger partial charge in [-0.3, -0.25) is 19.2 Å². The quantitative estimate of drug-likeness (QED) is 0.427. The molecule has 9 heteroatoms. The van der Waals surface area contributed by atoms with E-state index in [-0.39, 0.29) is 37.2 Å². The zero-order valence-electron chi connectivity index (χ0n) is 18.8. The van der Waals surface area contributed by atoms with E-state index in [1.54, 1.807) is 33.9 Å². The van der Waals surface area contributed by atoms with Crippen LogP contribution < -0.4 is 0 Å². The first-order valence-corrected chi connectivity index (χ1v) is 11.5. The zero-order valence-corrected chi connectivity index (χ0v) is 18.8. The average molecular weight is 463 g/mol. The molecule has 0 saturated carbocycles. The largest absolute Gasteiger partial charge is 0.459 e. The number of likely N-dealkylation sites (tertiary alicyclic amines) is 1. The molecular formula is C25H26N4O5. The van der Waals surface area contributed by atoms with E-state index in [9.17, 15) is 19.2 Å². The Bertz CT molecular complexity index is 1230. The highest BCUT2D eigenvalue weighted by Gasteiger charge is 2.31. The van der Waals surface area contributed by atoms with Gasteiger partial charge in [0.15, 0.2) is 5.76 Å². The summed E-state index contributed by atoms with van der Waals surface area (Å²) in [5, 5.41) is 0.654. The Morgan fingerprint density at radius 1 is 0.794 bits per heavy atom. The van der Waals surface area contributed by atoms with Crippen LogP contribution in [0, 0.1) is 0 Å². The molecule has 0 spiro atoms. The van der Waals surface area contributed by atoms with Gasteiger partial charge in [0.05, 0.1) is 11.8 Å². The van der Waals surface area contributed by atoms with Crippen molar-refractivity contribution in [1.29, 1.82) is 0 Å². The van der Waals surface area contributed by atoms with Crippen LogP contribution >= 0.6 is 0 Å². The van der Waals surface area contributed by atoms with Crippen LogP contribution in [-0.4, -0.2) is 82.0 Å². The van der Waals surface area contributed by atoms with Crippen LogP contribution in [0.1, 0.15) is 33.8 Å². The number of rotatable bonds is 5. The molecule has 0 N–H and O–H groups in total. The van der Waals surface area contributed by atoms with Crippen molar-refractivity contribution in [3.8, 4) is 0 Å². The summed E-state index contributed by atoms with van der Waals surface area (Å²) < 4.78 is 6.93. The highest BCUT2D eigenvalue weighted by atomic mass is 16.3. The fourth-order valence-electron chi connectivity index (χ4n) is 4.70. The van der Waals surface area contributed by atoms with Gasteiger partial charge < -0.3 is 23.7 Å². The van der Waals surface area contributed by atoms with E-state index in [4.69, 9.17) is 4.42 Å². The second-order valence-electron chi connectivity index (χ2n) is 8.67. The number of carbonyl (C=O) groups excluding carboxylic acids is 4. The van der Waals surface area contributed by atoms with E-state index in [0.717, 1.165) is 31.4 Å². The van der Waals surface area contributed by atoms with Crippen molar-refractivity contribution in [3.63, 3.8) is 0 Å². The highest BCUT2D eigenvalue weighted by Crippen LogP contribution is 2.23. The lowest BCUT2D eigenvalue weighted by molar-refractivity contribution is -0.130. The molecule has 3 aromatic rings. The van der Waals surface area contributed by atoms with Crippen molar-refractivity contribution in [1.82, 2.24) is 19.3 Å². The topological polar surface area (TPSA) is 96.1 Å². The number of Topliss-reactive ketones (excluding diaryl/α,β-unsaturated/α-hetero) is 1. The summed E-state index contributed by atoms with van der Waals surface area (Å²) in [6, 6.07) is 10.6. The van der Waals surface area contributed by atoms with Gasteiger partial charge in [0, 0.05) is 56.4 Å². The number of hydrogen-bond acceptors (Lipinski definition) is 5. The fourth-order valence-corrected chi connectivity index (χ4v) is 4.70. The number of nitrogens with zero attached hydrogens (tertiary/aromatic N) is 4. The lowest BCUT2D eigenvalue weighted by atomic mass is 10.1. The number of carbonyl (C=O) groups is 4. The predicted octanol–water partition coefficient (Wildman–Crippen LogP) is 2.02. The Labute approximate surface area is 196 Å². The Hall–Kier alpha value is -3.88. The second kappa shape index (κ2) is 9.17. The number of ketones is 1. The van der Waals surface area contributed by atoms with Gasteiger partial charge in [-0.1, -0.05) is 18.2 Å². The maximum Gasteiger partial charge on any atom is 0.295 e. The minimum Gasteiger partial charge on any atom is -0.459 e. The van der Waals surface area contributed by atoms with Crippen molar-refractivity contribution in [2.24, 2.45) is 0 Å². The molecule has 0 aliphatic carbocycles. The van der Waals surface area contributed by atoms with Crippen molar-refractivity contribution < 1.29 is 23.6 Å². The SMILES string of the molecule is O=C(C(=O)N1CCN(C(=O)c2ccco2)CC1)c1cn(CC(=O)N2CCCC2)c2ccccc12. The summed E-state index contributed by atoms with van der Waals surface area (Å²) in [6.07, 6.45) is 5.09. The van der Waals surface area contributed by atoms with Gasteiger partial charge in [-0.25, -0.2) is 0 Å². The third kappa shape index (κ3) is 4.09. The van der Waals surface area contributed by atoms with Crippen molar-refractivity contribution in [3.05, 3.63) is 60.2 Å². The summed E-state index contributed by atoms with van der Waals surface area (Å²) in [4.78, 5) is 56.4. The monoisotopic (exact) mass is 462 g/mol. The Morgan fingerprint density at radius 3 is 2.21 bits per heavy atom. The van der Waals surface area contributed by atoms with E-state index < -0.39 is 11.7 Å². The lowest BCUT2D eigenvalue weighted by Gasteiger charge is -2.33. The number of furan rings is 1. The average Bonchev–Trinajstić information content (AvgIpc) is 3.65. The highest BCUT2D eigenvalue weighted by molar-refractivity contribution is 6.44.